The van der Waals surface area contributed by atoms with E-state index in [4.69, 9.17) is 38.9 Å². The molecule has 4 fully saturated rings. The molecule has 4 aliphatic rings. The van der Waals surface area contributed by atoms with E-state index in [9.17, 15) is 80.8 Å². The molecule has 324 valence electrons. The van der Waals surface area contributed by atoms with Gasteiger partial charge in [0.1, 0.15) is 90.9 Å². The average Bonchev–Trinajstić information content (AvgIpc) is 3.14. The first-order valence-electron chi connectivity index (χ1n) is 17.5. The zero-order valence-electron chi connectivity index (χ0n) is 30.3. The summed E-state index contributed by atoms with van der Waals surface area (Å²) in [5, 5.41) is 139. The van der Waals surface area contributed by atoms with E-state index in [0.717, 1.165) is 13.8 Å². The maximum absolute atomic E-state index is 12.9. The fourth-order valence-corrected chi connectivity index (χ4v) is 7.07. The van der Waals surface area contributed by atoms with Crippen LogP contribution in [0.5, 0.6) is 0 Å². The number of hydrogen-bond donors (Lipinski definition) is 15. The first kappa shape index (κ1) is 46.5. The quantitative estimate of drug-likeness (QED) is 0.0773. The van der Waals surface area contributed by atoms with E-state index >= 15 is 0 Å². The predicted octanol–water partition coefficient (Wildman–Crippen LogP) is -9.45. The summed E-state index contributed by atoms with van der Waals surface area (Å²) in [6.07, 6.45) is -36.5. The van der Waals surface area contributed by atoms with Gasteiger partial charge in [-0.2, -0.15) is 0 Å². The number of ether oxygens (including phenoxy) is 7. The molecule has 0 spiro atoms. The van der Waals surface area contributed by atoms with Crippen molar-refractivity contribution in [1.29, 1.82) is 0 Å². The van der Waals surface area contributed by atoms with Crippen LogP contribution in [0.25, 0.3) is 0 Å². The summed E-state index contributed by atoms with van der Waals surface area (Å²) in [5.74, 6) is -7.18. The molecule has 25 nitrogen and oxygen atoms in total. The van der Waals surface area contributed by atoms with Crippen molar-refractivity contribution in [1.82, 2.24) is 5.32 Å². The van der Waals surface area contributed by atoms with Crippen molar-refractivity contribution in [3.8, 4) is 0 Å². The summed E-state index contributed by atoms with van der Waals surface area (Å²) >= 11 is 0. The van der Waals surface area contributed by atoms with Crippen molar-refractivity contribution in [2.24, 2.45) is 5.73 Å². The van der Waals surface area contributed by atoms with Gasteiger partial charge in [0.15, 0.2) is 24.7 Å². The smallest absolute Gasteiger partial charge is 0.364 e. The molecule has 4 saturated heterocycles. The summed E-state index contributed by atoms with van der Waals surface area (Å²) in [6.45, 7) is 0.0236. The number of rotatable bonds is 14. The van der Waals surface area contributed by atoms with E-state index in [-0.39, 0.29) is 0 Å². The summed E-state index contributed by atoms with van der Waals surface area (Å²) in [6, 6.07) is -1.68. The van der Waals surface area contributed by atoms with Crippen LogP contribution in [0.4, 0.5) is 0 Å². The van der Waals surface area contributed by atoms with Crippen LogP contribution in [-0.2, 0) is 47.5 Å². The number of carboxylic acids is 1. The van der Waals surface area contributed by atoms with Crippen LogP contribution in [0.1, 0.15) is 27.2 Å². The van der Waals surface area contributed by atoms with Crippen LogP contribution in [0.15, 0.2) is 0 Å². The molecule has 56 heavy (non-hydrogen) atoms. The van der Waals surface area contributed by atoms with Gasteiger partial charge in [0.05, 0.1) is 32.0 Å². The minimum absolute atomic E-state index is 0.801. The SMILES string of the molecule is CC(=O)N[C@H]1C(O)O[C@H](CO)[C@@H](OC2O[C@@H](C)[C@@H](O)[C@@H](O)[C@@H]2O)[C@@H]1OC1O[C@H](CO)[C@H](O)[C@H](OC2(C(=O)O)C[C@H](O)[C@](N)(C(C)=O)[C@H]([C@H](O)[C@H](O)CO)O2)[C@H]1O. The number of carbonyl (C=O) groups is 3. The number of nitrogens with two attached hydrogens (primary N) is 1. The monoisotopic (exact) mass is 820 g/mol. The zero-order valence-corrected chi connectivity index (χ0v) is 30.3. The Kier molecular flexibility index (Phi) is 15.3. The zero-order chi connectivity index (χ0) is 42.2. The van der Waals surface area contributed by atoms with Crippen molar-refractivity contribution in [2.75, 3.05) is 19.8 Å². The Hall–Kier alpha value is -2.19. The molecular formula is C31H52N2O23. The van der Waals surface area contributed by atoms with Gasteiger partial charge < -0.3 is 111 Å². The van der Waals surface area contributed by atoms with E-state index in [2.05, 4.69) is 5.32 Å². The lowest BCUT2D eigenvalue weighted by Crippen LogP contribution is -2.77. The molecular weight excluding hydrogens is 768 g/mol. The first-order valence-corrected chi connectivity index (χ1v) is 17.5. The van der Waals surface area contributed by atoms with E-state index in [1.165, 1.54) is 6.92 Å². The standard InChI is InChI=1S/C31H52N2O23/c1-8-16(41)19(44)20(45)27(50-8)53-22-13(7-36)51-26(47)15(33-10(3)38)23(22)54-28-21(46)24(18(43)12(6-35)52-28)55-30(29(48)49)4-14(40)31(32,9(2)37)25(56-30)17(42)11(39)5-34/h8,11-28,34-36,39-47H,4-7,32H2,1-3H3,(H,33,38)(H,48,49)/t8-,11+,12+,13+,14-,15+,16+,17+,18-,19+,20-,21+,22+,23+,24-,25-,26?,27?,28?,30?,31+/m0/s1. The molecule has 4 unspecified atom stereocenters. The van der Waals surface area contributed by atoms with Gasteiger partial charge in [0, 0.05) is 13.3 Å². The molecule has 16 N–H and O–H groups in total. The van der Waals surface area contributed by atoms with Gasteiger partial charge in [-0.25, -0.2) is 4.79 Å². The normalized spacial score (nSPS) is 47.1. The number of nitrogens with one attached hydrogen (secondary N) is 1. The minimum atomic E-state index is -3.23. The largest absolute Gasteiger partial charge is 0.477 e. The fraction of sp³-hybridized carbons (Fsp3) is 0.903. The minimum Gasteiger partial charge on any atom is -0.477 e. The number of carbonyl (C=O) groups excluding carboxylic acids is 2. The summed E-state index contributed by atoms with van der Waals surface area (Å²) in [4.78, 5) is 37.8. The average molecular weight is 821 g/mol. The second-order valence-electron chi connectivity index (χ2n) is 14.2. The molecule has 0 bridgehead atoms. The van der Waals surface area contributed by atoms with Crippen LogP contribution in [0.3, 0.4) is 0 Å². The second-order valence-corrected chi connectivity index (χ2v) is 14.2. The third-order valence-corrected chi connectivity index (χ3v) is 10.4. The van der Waals surface area contributed by atoms with E-state index in [1.807, 2.05) is 0 Å². The molecule has 21 atom stereocenters. The van der Waals surface area contributed by atoms with E-state index in [1.54, 1.807) is 0 Å². The maximum Gasteiger partial charge on any atom is 0.364 e. The number of aliphatic hydroxyl groups excluding tert-OH is 12. The molecule has 0 aromatic carbocycles. The molecule has 0 aromatic rings. The molecule has 0 aliphatic carbocycles. The number of aliphatic carboxylic acids is 1. The fourth-order valence-electron chi connectivity index (χ4n) is 7.07. The van der Waals surface area contributed by atoms with Crippen LogP contribution >= 0.6 is 0 Å². The van der Waals surface area contributed by atoms with Crippen molar-refractivity contribution < 1.29 is 114 Å². The lowest BCUT2D eigenvalue weighted by Gasteiger charge is -2.53. The number of carboxylic acid groups (broad SMARTS) is 1. The maximum atomic E-state index is 12.9. The highest BCUT2D eigenvalue weighted by atomic mass is 16.8. The van der Waals surface area contributed by atoms with Crippen LogP contribution in [-0.4, -0.2) is 232 Å². The van der Waals surface area contributed by atoms with Gasteiger partial charge >= 0.3 is 5.97 Å². The Balaban J connectivity index is 1.74. The summed E-state index contributed by atoms with van der Waals surface area (Å²) in [7, 11) is 0. The summed E-state index contributed by atoms with van der Waals surface area (Å²) < 4.78 is 39.5. The molecule has 4 aliphatic heterocycles. The van der Waals surface area contributed by atoms with Gasteiger partial charge in [-0.1, -0.05) is 0 Å². The van der Waals surface area contributed by atoms with E-state index in [0.29, 0.717) is 0 Å². The molecule has 4 heterocycles. The number of Topliss-reactive ketones (excluding diaryl/α,β-unsaturated/α-hetero) is 1. The Morgan fingerprint density at radius 3 is 1.93 bits per heavy atom. The van der Waals surface area contributed by atoms with Gasteiger partial charge in [-0.05, 0) is 13.8 Å². The topological polar surface area (TPSA) is 417 Å². The van der Waals surface area contributed by atoms with Crippen molar-refractivity contribution >= 4 is 17.7 Å². The molecule has 0 aromatic heterocycles. The Morgan fingerprint density at radius 2 is 1.39 bits per heavy atom. The number of amides is 1. The third kappa shape index (κ3) is 8.87. The van der Waals surface area contributed by atoms with Gasteiger partial charge in [0.2, 0.25) is 5.91 Å². The van der Waals surface area contributed by atoms with Gasteiger partial charge in [-0.3, -0.25) is 9.59 Å². The van der Waals surface area contributed by atoms with E-state index < -0.39 is 172 Å². The highest BCUT2D eigenvalue weighted by molar-refractivity contribution is 5.88. The second kappa shape index (κ2) is 18.4. The lowest BCUT2D eigenvalue weighted by molar-refractivity contribution is -0.390. The third-order valence-electron chi connectivity index (χ3n) is 10.4. The lowest BCUT2D eigenvalue weighted by atomic mass is 9.74. The summed E-state index contributed by atoms with van der Waals surface area (Å²) in [5.41, 5.74) is 3.50. The highest BCUT2D eigenvalue weighted by Crippen LogP contribution is 2.41. The van der Waals surface area contributed by atoms with Crippen molar-refractivity contribution in [3.05, 3.63) is 0 Å². The van der Waals surface area contributed by atoms with Crippen LogP contribution in [0, 0.1) is 0 Å². The van der Waals surface area contributed by atoms with Gasteiger partial charge in [-0.15, -0.1) is 0 Å². The number of aliphatic hydroxyl groups is 12. The van der Waals surface area contributed by atoms with Gasteiger partial charge in [0.25, 0.3) is 5.79 Å². The Labute approximate surface area is 317 Å². The van der Waals surface area contributed by atoms with Crippen molar-refractivity contribution in [3.63, 3.8) is 0 Å². The number of hydrogen-bond acceptors (Lipinski definition) is 23. The van der Waals surface area contributed by atoms with Crippen molar-refractivity contribution in [2.45, 2.75) is 155 Å². The predicted molar refractivity (Wildman–Crippen MR) is 173 cm³/mol. The number of ketones is 1. The highest BCUT2D eigenvalue weighted by Gasteiger charge is 2.65. The molecule has 25 heteroatoms. The first-order chi connectivity index (χ1) is 26.1. The molecule has 1 amide bonds. The molecule has 0 saturated carbocycles. The Bertz CT molecular complexity index is 1370. The van der Waals surface area contributed by atoms with Crippen LogP contribution < -0.4 is 11.1 Å². The molecule has 0 radical (unpaired) electrons. The Morgan fingerprint density at radius 1 is 0.804 bits per heavy atom. The molecule has 4 rings (SSSR count). The van der Waals surface area contributed by atoms with Crippen LogP contribution in [0.2, 0.25) is 0 Å².